The number of nitrogens with zero attached hydrogens (tertiary/aromatic N) is 1. The summed E-state index contributed by atoms with van der Waals surface area (Å²) in [5.74, 6) is 0.934. The Morgan fingerprint density at radius 1 is 1.25 bits per heavy atom. The van der Waals surface area contributed by atoms with Gasteiger partial charge in [0.05, 0.1) is 12.1 Å². The Morgan fingerprint density at radius 3 is 2.80 bits per heavy atom. The fourth-order valence-electron chi connectivity index (χ4n) is 2.66. The summed E-state index contributed by atoms with van der Waals surface area (Å²) in [6.45, 7) is 0. The molecule has 2 aliphatic rings. The van der Waals surface area contributed by atoms with Gasteiger partial charge in [0.15, 0.2) is 0 Å². The van der Waals surface area contributed by atoms with E-state index in [0.717, 1.165) is 23.2 Å². The summed E-state index contributed by atoms with van der Waals surface area (Å²) in [5, 5.41) is 0. The van der Waals surface area contributed by atoms with E-state index in [2.05, 4.69) is 11.1 Å². The van der Waals surface area contributed by atoms with E-state index in [1.54, 1.807) is 0 Å². The van der Waals surface area contributed by atoms with E-state index >= 15 is 0 Å². The van der Waals surface area contributed by atoms with E-state index in [1.165, 1.54) is 5.56 Å². The third-order valence-electron chi connectivity index (χ3n) is 3.98. The zero-order chi connectivity index (χ0) is 13.7. The Hall–Kier alpha value is -2.20. The number of aromatic nitrogens is 1. The Kier molecular flexibility index (Phi) is 2.41. The van der Waals surface area contributed by atoms with Crippen molar-refractivity contribution in [2.45, 2.75) is 24.8 Å². The number of hydrogen-bond acceptors (Lipinski definition) is 4. The van der Waals surface area contributed by atoms with Gasteiger partial charge in [0.1, 0.15) is 5.75 Å². The summed E-state index contributed by atoms with van der Waals surface area (Å²) in [6.07, 6.45) is 3.31. The smallest absolute Gasteiger partial charge is 0.315 e. The second kappa shape index (κ2) is 4.15. The summed E-state index contributed by atoms with van der Waals surface area (Å²) in [5.41, 5.74) is 9.84. The molecule has 100 valence electrons. The molecule has 2 aromatic rings. The highest BCUT2D eigenvalue weighted by atomic mass is 16.5. The zero-order valence-electron chi connectivity index (χ0n) is 10.9. The van der Waals surface area contributed by atoms with Crippen molar-refractivity contribution in [3.8, 4) is 17.0 Å². The summed E-state index contributed by atoms with van der Waals surface area (Å²) >= 11 is 0. The largest absolute Gasteiger partial charge is 0.426 e. The molecule has 4 rings (SSSR count). The minimum Gasteiger partial charge on any atom is -0.426 e. The van der Waals surface area contributed by atoms with E-state index in [-0.39, 0.29) is 5.97 Å². The molecule has 0 saturated heterocycles. The van der Waals surface area contributed by atoms with Crippen LogP contribution >= 0.6 is 0 Å². The van der Waals surface area contributed by atoms with Crippen LogP contribution < -0.4 is 10.5 Å². The summed E-state index contributed by atoms with van der Waals surface area (Å²) < 4.78 is 5.17. The van der Waals surface area contributed by atoms with Crippen LogP contribution in [0.25, 0.3) is 11.3 Å². The van der Waals surface area contributed by atoms with Crippen molar-refractivity contribution in [2.75, 3.05) is 0 Å². The van der Waals surface area contributed by atoms with Gasteiger partial charge in [-0.2, -0.15) is 0 Å². The van der Waals surface area contributed by atoms with Crippen molar-refractivity contribution in [1.29, 1.82) is 0 Å². The summed E-state index contributed by atoms with van der Waals surface area (Å²) in [4.78, 5) is 15.7. The first kappa shape index (κ1) is 11.6. The van der Waals surface area contributed by atoms with Gasteiger partial charge in [0.25, 0.3) is 0 Å². The molecule has 2 heterocycles. The molecule has 0 bridgehead atoms. The molecule has 1 fully saturated rings. The first-order valence-corrected chi connectivity index (χ1v) is 6.76. The fraction of sp³-hybridized carbons (Fsp3) is 0.250. The molecule has 2 N–H and O–H groups in total. The van der Waals surface area contributed by atoms with Gasteiger partial charge < -0.3 is 10.5 Å². The highest BCUT2D eigenvalue weighted by Crippen LogP contribution is 2.39. The lowest BCUT2D eigenvalue weighted by Crippen LogP contribution is -2.01. The van der Waals surface area contributed by atoms with Crippen LogP contribution in [-0.2, 0) is 11.2 Å². The van der Waals surface area contributed by atoms with Crippen molar-refractivity contribution in [1.82, 2.24) is 4.98 Å². The molecule has 1 aromatic carbocycles. The topological polar surface area (TPSA) is 65.2 Å². The van der Waals surface area contributed by atoms with Crippen LogP contribution in [-0.4, -0.2) is 17.0 Å². The molecule has 4 nitrogen and oxygen atoms in total. The van der Waals surface area contributed by atoms with Crippen LogP contribution in [0.4, 0.5) is 0 Å². The predicted octanol–water partition coefficient (Wildman–Crippen LogP) is 2.02. The number of esters is 1. The molecule has 2 atom stereocenters. The van der Waals surface area contributed by atoms with Gasteiger partial charge >= 0.3 is 5.97 Å². The van der Waals surface area contributed by atoms with Crippen LogP contribution in [0.2, 0.25) is 0 Å². The molecular weight excluding hydrogens is 252 g/mol. The Labute approximate surface area is 116 Å². The molecule has 4 heteroatoms. The molecule has 1 aliphatic heterocycles. The Morgan fingerprint density at radius 2 is 2.10 bits per heavy atom. The number of carbonyl (C=O) groups excluding carboxylic acids is 1. The van der Waals surface area contributed by atoms with Gasteiger partial charge in [-0.1, -0.05) is 18.2 Å². The average molecular weight is 266 g/mol. The number of carbonyl (C=O) groups is 1. The van der Waals surface area contributed by atoms with Crippen LogP contribution in [0.15, 0.2) is 36.5 Å². The second-order valence-electron chi connectivity index (χ2n) is 5.46. The number of fused-ring (bicyclic) bond motifs is 1. The third-order valence-corrected chi connectivity index (χ3v) is 3.98. The predicted molar refractivity (Wildman–Crippen MR) is 74.3 cm³/mol. The van der Waals surface area contributed by atoms with Gasteiger partial charge in [-0.25, -0.2) is 0 Å². The van der Waals surface area contributed by atoms with E-state index in [1.807, 2.05) is 30.5 Å². The molecule has 1 aliphatic carbocycles. The lowest BCUT2D eigenvalue weighted by molar-refractivity contribution is -0.131. The highest BCUT2D eigenvalue weighted by Gasteiger charge is 2.34. The van der Waals surface area contributed by atoms with Crippen molar-refractivity contribution < 1.29 is 9.53 Å². The van der Waals surface area contributed by atoms with Gasteiger partial charge in [0.2, 0.25) is 0 Å². The maximum absolute atomic E-state index is 11.3. The Bertz CT molecular complexity index is 694. The SMILES string of the molecule is NC1CC1c1ccc(-c2ccc3c(c2)OC(=O)C3)nc1. The van der Waals surface area contributed by atoms with Crippen molar-refractivity contribution in [3.63, 3.8) is 0 Å². The molecule has 1 saturated carbocycles. The number of benzene rings is 1. The third kappa shape index (κ3) is 1.89. The van der Waals surface area contributed by atoms with Gasteiger partial charge in [-0.05, 0) is 24.1 Å². The van der Waals surface area contributed by atoms with E-state index in [9.17, 15) is 4.79 Å². The first-order chi connectivity index (χ1) is 9.70. The second-order valence-corrected chi connectivity index (χ2v) is 5.46. The number of ether oxygens (including phenoxy) is 1. The van der Waals surface area contributed by atoms with Crippen LogP contribution in [0.1, 0.15) is 23.5 Å². The first-order valence-electron chi connectivity index (χ1n) is 6.76. The molecule has 0 amide bonds. The van der Waals surface area contributed by atoms with Gasteiger partial charge in [-0.3, -0.25) is 9.78 Å². The average Bonchev–Trinajstić information content (AvgIpc) is 3.06. The van der Waals surface area contributed by atoms with E-state index < -0.39 is 0 Å². The number of nitrogens with two attached hydrogens (primary N) is 1. The normalized spacial score (nSPS) is 23.4. The van der Waals surface area contributed by atoms with Crippen LogP contribution in [0.3, 0.4) is 0 Å². The fourth-order valence-corrected chi connectivity index (χ4v) is 2.66. The number of pyridine rings is 1. The lowest BCUT2D eigenvalue weighted by Gasteiger charge is -2.05. The van der Waals surface area contributed by atoms with Gasteiger partial charge in [-0.15, -0.1) is 0 Å². The monoisotopic (exact) mass is 266 g/mol. The van der Waals surface area contributed by atoms with Crippen molar-refractivity contribution in [3.05, 3.63) is 47.7 Å². The summed E-state index contributed by atoms with van der Waals surface area (Å²) in [7, 11) is 0. The van der Waals surface area contributed by atoms with Crippen molar-refractivity contribution >= 4 is 5.97 Å². The lowest BCUT2D eigenvalue weighted by atomic mass is 10.1. The highest BCUT2D eigenvalue weighted by molar-refractivity contribution is 5.82. The van der Waals surface area contributed by atoms with E-state index in [4.69, 9.17) is 10.5 Å². The van der Waals surface area contributed by atoms with Gasteiger partial charge in [0, 0.05) is 29.3 Å². The molecule has 0 spiro atoms. The quantitative estimate of drug-likeness (QED) is 0.667. The van der Waals surface area contributed by atoms with E-state index in [0.29, 0.717) is 24.1 Å². The molecular formula is C16H14N2O2. The molecule has 2 unspecified atom stereocenters. The van der Waals surface area contributed by atoms with Crippen LogP contribution in [0.5, 0.6) is 5.75 Å². The minimum atomic E-state index is -0.192. The Balaban J connectivity index is 1.64. The molecule has 1 aromatic heterocycles. The standard InChI is InChI=1S/C16H14N2O2/c17-13-7-12(13)11-3-4-14(18-8-11)9-1-2-10-6-16(19)20-15(10)5-9/h1-5,8,12-13H,6-7,17H2. The van der Waals surface area contributed by atoms with Crippen LogP contribution in [0, 0.1) is 0 Å². The maximum Gasteiger partial charge on any atom is 0.315 e. The minimum absolute atomic E-state index is 0.192. The van der Waals surface area contributed by atoms with Crippen molar-refractivity contribution in [2.24, 2.45) is 5.73 Å². The maximum atomic E-state index is 11.3. The zero-order valence-corrected chi connectivity index (χ0v) is 10.9. The molecule has 20 heavy (non-hydrogen) atoms. The summed E-state index contributed by atoms with van der Waals surface area (Å²) in [6, 6.07) is 10.2. The molecule has 0 radical (unpaired) electrons. The number of rotatable bonds is 2. The number of hydrogen-bond donors (Lipinski definition) is 1.